The Kier molecular flexibility index (Phi) is 3.48. The molecule has 0 spiro atoms. The van der Waals surface area contributed by atoms with Crippen LogP contribution in [-0.2, 0) is 6.42 Å². The number of hydrogen-bond donors (Lipinski definition) is 1. The number of aromatic nitrogens is 2. The molecule has 1 saturated carbocycles. The Morgan fingerprint density at radius 2 is 2.21 bits per heavy atom. The summed E-state index contributed by atoms with van der Waals surface area (Å²) < 4.78 is 19.1. The zero-order chi connectivity index (χ0) is 13.2. The van der Waals surface area contributed by atoms with Gasteiger partial charge in [0.05, 0.1) is 10.6 Å². The van der Waals surface area contributed by atoms with Crippen molar-refractivity contribution in [3.05, 3.63) is 34.9 Å². The smallest absolute Gasteiger partial charge is 0.252 e. The normalized spacial score (nSPS) is 14.8. The van der Waals surface area contributed by atoms with Gasteiger partial charge in [0.1, 0.15) is 5.82 Å². The van der Waals surface area contributed by atoms with Crippen molar-refractivity contribution < 1.29 is 8.81 Å². The van der Waals surface area contributed by atoms with Crippen LogP contribution in [0.4, 0.5) is 4.39 Å². The van der Waals surface area contributed by atoms with Crippen LogP contribution in [0.25, 0.3) is 11.5 Å². The molecule has 0 unspecified atom stereocenters. The Labute approximate surface area is 115 Å². The van der Waals surface area contributed by atoms with Crippen molar-refractivity contribution in [2.45, 2.75) is 25.3 Å². The summed E-state index contributed by atoms with van der Waals surface area (Å²) in [7, 11) is 0. The Bertz CT molecular complexity index is 563. The van der Waals surface area contributed by atoms with Crippen molar-refractivity contribution in [2.75, 3.05) is 6.54 Å². The molecule has 1 aliphatic carbocycles. The highest BCUT2D eigenvalue weighted by molar-refractivity contribution is 6.33. The van der Waals surface area contributed by atoms with Crippen molar-refractivity contribution >= 4 is 11.6 Å². The van der Waals surface area contributed by atoms with Gasteiger partial charge in [0.2, 0.25) is 5.89 Å². The minimum absolute atomic E-state index is 0.129. The molecular weight excluding hydrogens is 269 g/mol. The number of nitrogens with one attached hydrogen (secondary N) is 1. The minimum atomic E-state index is -0.459. The van der Waals surface area contributed by atoms with Gasteiger partial charge in [-0.2, -0.15) is 0 Å². The first-order valence-corrected chi connectivity index (χ1v) is 6.62. The van der Waals surface area contributed by atoms with Gasteiger partial charge in [-0.1, -0.05) is 17.7 Å². The summed E-state index contributed by atoms with van der Waals surface area (Å²) in [6.45, 7) is 0.789. The fourth-order valence-electron chi connectivity index (χ4n) is 1.83. The van der Waals surface area contributed by atoms with E-state index < -0.39 is 5.82 Å². The van der Waals surface area contributed by atoms with E-state index in [4.69, 9.17) is 16.0 Å². The molecule has 0 aliphatic heterocycles. The van der Waals surface area contributed by atoms with Crippen molar-refractivity contribution in [3.8, 4) is 11.5 Å². The highest BCUT2D eigenvalue weighted by atomic mass is 35.5. The topological polar surface area (TPSA) is 51.0 Å². The third-order valence-electron chi connectivity index (χ3n) is 2.99. The molecule has 0 radical (unpaired) electrons. The third kappa shape index (κ3) is 2.93. The lowest BCUT2D eigenvalue weighted by atomic mass is 10.2. The van der Waals surface area contributed by atoms with Gasteiger partial charge in [-0.3, -0.25) is 0 Å². The lowest BCUT2D eigenvalue weighted by Gasteiger charge is -2.00. The quantitative estimate of drug-likeness (QED) is 0.916. The first-order valence-electron chi connectivity index (χ1n) is 6.24. The molecule has 0 atom stereocenters. The second-order valence-electron chi connectivity index (χ2n) is 4.58. The van der Waals surface area contributed by atoms with Crippen LogP contribution in [0.15, 0.2) is 22.6 Å². The van der Waals surface area contributed by atoms with E-state index in [1.165, 1.54) is 25.0 Å². The van der Waals surface area contributed by atoms with Crippen LogP contribution < -0.4 is 5.32 Å². The molecule has 1 aliphatic rings. The molecule has 6 heteroatoms. The monoisotopic (exact) mass is 281 g/mol. The fraction of sp³-hybridized carbons (Fsp3) is 0.385. The summed E-state index contributed by atoms with van der Waals surface area (Å²) in [4.78, 5) is 0. The van der Waals surface area contributed by atoms with Crippen LogP contribution in [0.5, 0.6) is 0 Å². The molecular formula is C13H13ClFN3O. The zero-order valence-electron chi connectivity index (χ0n) is 10.2. The maximum absolute atomic E-state index is 13.7. The maximum atomic E-state index is 13.7. The average molecular weight is 282 g/mol. The molecule has 19 heavy (non-hydrogen) atoms. The summed E-state index contributed by atoms with van der Waals surface area (Å²) in [6.07, 6.45) is 3.11. The molecule has 1 aromatic heterocycles. The van der Waals surface area contributed by atoms with E-state index in [0.29, 0.717) is 18.4 Å². The Hall–Kier alpha value is -1.46. The first kappa shape index (κ1) is 12.6. The third-order valence-corrected chi connectivity index (χ3v) is 3.31. The van der Waals surface area contributed by atoms with Gasteiger partial charge in [-0.15, -0.1) is 10.2 Å². The van der Waals surface area contributed by atoms with E-state index in [-0.39, 0.29) is 16.5 Å². The highest BCUT2D eigenvalue weighted by Gasteiger charge is 2.20. The number of hydrogen-bond acceptors (Lipinski definition) is 4. The van der Waals surface area contributed by atoms with Gasteiger partial charge >= 0.3 is 0 Å². The van der Waals surface area contributed by atoms with E-state index in [1.54, 1.807) is 6.07 Å². The fourth-order valence-corrected chi connectivity index (χ4v) is 2.07. The van der Waals surface area contributed by atoms with Crippen LogP contribution in [0, 0.1) is 5.82 Å². The first-order chi connectivity index (χ1) is 9.24. The van der Waals surface area contributed by atoms with Gasteiger partial charge in [0, 0.05) is 19.0 Å². The van der Waals surface area contributed by atoms with Crippen LogP contribution in [0.3, 0.4) is 0 Å². The van der Waals surface area contributed by atoms with Crippen molar-refractivity contribution in [1.82, 2.24) is 15.5 Å². The predicted octanol–water partition coefficient (Wildman–Crippen LogP) is 2.82. The molecule has 0 bridgehead atoms. The highest BCUT2D eigenvalue weighted by Crippen LogP contribution is 2.29. The molecule has 100 valence electrons. The van der Waals surface area contributed by atoms with Gasteiger partial charge in [0.15, 0.2) is 0 Å². The zero-order valence-corrected chi connectivity index (χ0v) is 11.0. The second kappa shape index (κ2) is 5.27. The Morgan fingerprint density at radius 1 is 1.37 bits per heavy atom. The van der Waals surface area contributed by atoms with Crippen molar-refractivity contribution in [2.24, 2.45) is 0 Å². The minimum Gasteiger partial charge on any atom is -0.420 e. The number of halogens is 2. The second-order valence-corrected chi connectivity index (χ2v) is 4.98. The van der Waals surface area contributed by atoms with Crippen LogP contribution >= 0.6 is 11.6 Å². The molecule has 0 amide bonds. The lowest BCUT2D eigenvalue weighted by Crippen LogP contribution is -2.19. The Balaban J connectivity index is 1.72. The lowest BCUT2D eigenvalue weighted by molar-refractivity contribution is 0.490. The summed E-state index contributed by atoms with van der Waals surface area (Å²) in [5.74, 6) is 0.158. The molecule has 2 aromatic rings. The summed E-state index contributed by atoms with van der Waals surface area (Å²) in [5.41, 5.74) is 0.165. The van der Waals surface area contributed by atoms with Crippen molar-refractivity contribution in [3.63, 3.8) is 0 Å². The summed E-state index contributed by atoms with van der Waals surface area (Å²) in [5, 5.41) is 11.4. The molecule has 4 nitrogen and oxygen atoms in total. The van der Waals surface area contributed by atoms with Gasteiger partial charge in [0.25, 0.3) is 5.89 Å². The number of nitrogens with zero attached hydrogens (tertiary/aromatic N) is 2. The molecule has 3 rings (SSSR count). The molecule has 1 aromatic carbocycles. The average Bonchev–Trinajstić information content (AvgIpc) is 3.08. The molecule has 1 fully saturated rings. The Morgan fingerprint density at radius 3 is 2.95 bits per heavy atom. The number of benzene rings is 1. The van der Waals surface area contributed by atoms with E-state index in [0.717, 1.165) is 6.54 Å². The van der Waals surface area contributed by atoms with E-state index in [9.17, 15) is 4.39 Å². The standard InChI is InChI=1S/C13H13ClFN3O/c14-9-2-1-3-10(15)12(9)13-18-17-11(19-13)6-7-16-8-4-5-8/h1-3,8,16H,4-7H2. The van der Waals surface area contributed by atoms with E-state index in [1.807, 2.05) is 0 Å². The van der Waals surface area contributed by atoms with Crippen LogP contribution in [0.2, 0.25) is 5.02 Å². The number of rotatable bonds is 5. The summed E-state index contributed by atoms with van der Waals surface area (Å²) in [6, 6.07) is 5.10. The molecule has 0 saturated heterocycles. The van der Waals surface area contributed by atoms with E-state index in [2.05, 4.69) is 15.5 Å². The maximum Gasteiger partial charge on any atom is 0.252 e. The van der Waals surface area contributed by atoms with Crippen LogP contribution in [-0.4, -0.2) is 22.8 Å². The largest absolute Gasteiger partial charge is 0.420 e. The molecule has 1 N–H and O–H groups in total. The molecule has 1 heterocycles. The van der Waals surface area contributed by atoms with Crippen molar-refractivity contribution in [1.29, 1.82) is 0 Å². The van der Waals surface area contributed by atoms with Gasteiger partial charge in [-0.25, -0.2) is 4.39 Å². The van der Waals surface area contributed by atoms with Gasteiger partial charge < -0.3 is 9.73 Å². The summed E-state index contributed by atoms with van der Waals surface area (Å²) >= 11 is 5.95. The van der Waals surface area contributed by atoms with Crippen LogP contribution in [0.1, 0.15) is 18.7 Å². The SMILES string of the molecule is Fc1cccc(Cl)c1-c1nnc(CCNC2CC2)o1. The van der Waals surface area contributed by atoms with E-state index >= 15 is 0 Å². The van der Waals surface area contributed by atoms with Gasteiger partial charge in [-0.05, 0) is 25.0 Å². The predicted molar refractivity (Wildman–Crippen MR) is 69.4 cm³/mol.